The molecule has 2 saturated heterocycles. The molecule has 1 aromatic heterocycles. The minimum atomic E-state index is -5.00. The van der Waals surface area contributed by atoms with Crippen molar-refractivity contribution in [3.8, 4) is 0 Å². The molecule has 0 radical (unpaired) electrons. The van der Waals surface area contributed by atoms with Crippen molar-refractivity contribution in [2.24, 2.45) is 0 Å². The van der Waals surface area contributed by atoms with Gasteiger partial charge in [0.15, 0.2) is 0 Å². The smallest absolute Gasteiger partial charge is 0.382 e. The van der Waals surface area contributed by atoms with Crippen molar-refractivity contribution in [2.45, 2.75) is 63.8 Å². The van der Waals surface area contributed by atoms with E-state index in [1.807, 2.05) is 25.8 Å². The summed E-state index contributed by atoms with van der Waals surface area (Å²) in [7, 11) is 1.96. The second-order valence-electron chi connectivity index (χ2n) is 16.0. The average molecular weight is 879 g/mol. The number of carbonyl (C=O) groups is 6. The van der Waals surface area contributed by atoms with Crippen LogP contribution in [0.2, 0.25) is 0 Å². The Morgan fingerprint density at radius 2 is 1.68 bits per heavy atom. The van der Waals surface area contributed by atoms with Crippen LogP contribution in [0, 0.1) is 5.82 Å². The lowest BCUT2D eigenvalue weighted by Crippen LogP contribution is -2.55. The zero-order valence-corrected chi connectivity index (χ0v) is 34.7. The zero-order valence-electron chi connectivity index (χ0n) is 34.7. The maximum atomic E-state index is 16.1. The molecule has 63 heavy (non-hydrogen) atoms. The number of hydrogen-bond donors (Lipinski definition) is 4. The molecule has 0 bridgehead atoms. The minimum absolute atomic E-state index is 0.00250. The summed E-state index contributed by atoms with van der Waals surface area (Å²) in [6.07, 6.45) is -2.30. The van der Waals surface area contributed by atoms with Gasteiger partial charge in [-0.3, -0.25) is 48.7 Å². The molecule has 16 nitrogen and oxygen atoms in total. The van der Waals surface area contributed by atoms with Crippen molar-refractivity contribution < 1.29 is 51.1 Å². The number of aromatic amines is 1. The highest BCUT2D eigenvalue weighted by molar-refractivity contribution is 6.25. The average Bonchev–Trinajstić information content (AvgIpc) is 3.49. The van der Waals surface area contributed by atoms with Gasteiger partial charge >= 0.3 is 6.18 Å². The van der Waals surface area contributed by atoms with Crippen LogP contribution < -0.4 is 26.4 Å². The highest BCUT2D eigenvalue weighted by Gasteiger charge is 2.45. The molecule has 7 rings (SSSR count). The van der Waals surface area contributed by atoms with Gasteiger partial charge < -0.3 is 30.2 Å². The van der Waals surface area contributed by atoms with E-state index in [1.54, 1.807) is 23.1 Å². The third kappa shape index (κ3) is 9.36. The molecule has 0 spiro atoms. The Morgan fingerprint density at radius 3 is 2.37 bits per heavy atom. The van der Waals surface area contributed by atoms with Gasteiger partial charge in [0, 0.05) is 74.7 Å². The summed E-state index contributed by atoms with van der Waals surface area (Å²) in [5.41, 5.74) is -1.63. The Bertz CT molecular complexity index is 2440. The summed E-state index contributed by atoms with van der Waals surface area (Å²) in [5.74, 6) is -4.43. The van der Waals surface area contributed by atoms with Crippen LogP contribution in [0.3, 0.4) is 0 Å². The van der Waals surface area contributed by atoms with Gasteiger partial charge in [-0.2, -0.15) is 13.2 Å². The van der Waals surface area contributed by atoms with Crippen LogP contribution in [-0.2, 0) is 25.3 Å². The number of fused-ring (bicyclic) bond motifs is 1. The Hall–Kier alpha value is -6.41. The molecule has 4 N–H and O–H groups in total. The van der Waals surface area contributed by atoms with E-state index in [4.69, 9.17) is 4.74 Å². The number of H-pyrrole nitrogens is 1. The molecule has 20 heteroatoms. The summed E-state index contributed by atoms with van der Waals surface area (Å²) < 4.78 is 63.5. The number of aromatic nitrogens is 1. The number of alkyl halides is 3. The third-order valence-electron chi connectivity index (χ3n) is 11.9. The van der Waals surface area contributed by atoms with E-state index in [0.717, 1.165) is 4.90 Å². The number of pyridine rings is 1. The molecular formula is C43H46F4N8O8. The fourth-order valence-electron chi connectivity index (χ4n) is 8.34. The molecule has 2 aromatic carbocycles. The molecule has 6 amide bonds. The van der Waals surface area contributed by atoms with Crippen LogP contribution >= 0.6 is 0 Å². The second kappa shape index (κ2) is 18.1. The maximum Gasteiger partial charge on any atom is 0.417 e. The quantitative estimate of drug-likeness (QED) is 0.117. The summed E-state index contributed by atoms with van der Waals surface area (Å²) >= 11 is 0. The van der Waals surface area contributed by atoms with Gasteiger partial charge in [-0.15, -0.1) is 0 Å². The lowest BCUT2D eigenvalue weighted by molar-refractivity contribution is -0.138. The number of anilines is 3. The Morgan fingerprint density at radius 1 is 0.937 bits per heavy atom. The van der Waals surface area contributed by atoms with Crippen molar-refractivity contribution in [3.05, 3.63) is 92.7 Å². The number of halogens is 4. The number of imide groups is 2. The van der Waals surface area contributed by atoms with Crippen LogP contribution in [0.15, 0.2) is 53.5 Å². The molecule has 4 aliphatic rings. The third-order valence-corrected chi connectivity index (χ3v) is 11.9. The number of nitrogens with one attached hydrogen (secondary N) is 4. The number of nitrogens with zero attached hydrogens (tertiary/aromatic N) is 4. The Kier molecular flexibility index (Phi) is 12.8. The number of piperidine rings is 1. The van der Waals surface area contributed by atoms with Crippen molar-refractivity contribution >= 4 is 58.1 Å². The van der Waals surface area contributed by atoms with Crippen LogP contribution in [0.1, 0.15) is 81.7 Å². The van der Waals surface area contributed by atoms with Crippen molar-refractivity contribution in [2.75, 3.05) is 68.5 Å². The van der Waals surface area contributed by atoms with Crippen molar-refractivity contribution in [1.29, 1.82) is 0 Å². The fraction of sp³-hybridized carbons (Fsp3) is 0.419. The summed E-state index contributed by atoms with van der Waals surface area (Å²) in [6, 6.07) is 6.63. The van der Waals surface area contributed by atoms with Gasteiger partial charge in [0.05, 0.1) is 53.3 Å². The molecule has 0 aliphatic carbocycles. The van der Waals surface area contributed by atoms with E-state index < -0.39 is 64.3 Å². The SMILES string of the molecule is C[C@@H]1CN(c2cc(F)c(C3=CCN(C(=O)CCOCCNc4cccc5c4C(=O)N(C4CCC(=O)NC4=O)C5=O)CC3)cc2NC(=O)c2c[nH]c(=O)cc2C(F)(F)F)C[C@H](C)N1C. The largest absolute Gasteiger partial charge is 0.417 e. The van der Waals surface area contributed by atoms with Gasteiger partial charge in [-0.25, -0.2) is 4.39 Å². The first-order valence-electron chi connectivity index (χ1n) is 20.5. The molecule has 0 saturated carbocycles. The van der Waals surface area contributed by atoms with Crippen molar-refractivity contribution in [1.82, 2.24) is 25.0 Å². The summed E-state index contributed by atoms with van der Waals surface area (Å²) in [4.78, 5) is 97.4. The number of benzene rings is 2. The van der Waals surface area contributed by atoms with Crippen LogP contribution in [0.5, 0.6) is 0 Å². The molecule has 1 unspecified atom stereocenters. The van der Waals surface area contributed by atoms with Crippen molar-refractivity contribution in [3.63, 3.8) is 0 Å². The first-order valence-corrected chi connectivity index (χ1v) is 20.5. The van der Waals surface area contributed by atoms with Gasteiger partial charge in [-0.05, 0) is 63.6 Å². The van der Waals surface area contributed by atoms with Crippen LogP contribution in [0.4, 0.5) is 34.6 Å². The van der Waals surface area contributed by atoms with E-state index in [9.17, 15) is 46.7 Å². The van der Waals surface area contributed by atoms with E-state index in [2.05, 4.69) is 25.8 Å². The zero-order chi connectivity index (χ0) is 45.3. The summed E-state index contributed by atoms with van der Waals surface area (Å²) in [6.45, 7) is 5.65. The fourth-order valence-corrected chi connectivity index (χ4v) is 8.34. The highest BCUT2D eigenvalue weighted by atomic mass is 19.4. The first-order chi connectivity index (χ1) is 29.9. The molecule has 5 heterocycles. The first kappa shape index (κ1) is 44.6. The lowest BCUT2D eigenvalue weighted by Gasteiger charge is -2.44. The molecule has 2 fully saturated rings. The number of likely N-dealkylation sites (N-methyl/N-ethyl adjacent to an activating group) is 1. The van der Waals surface area contributed by atoms with Crippen LogP contribution in [0.25, 0.3) is 5.57 Å². The second-order valence-corrected chi connectivity index (χ2v) is 16.0. The number of hydrogen-bond acceptors (Lipinski definition) is 11. The van der Waals surface area contributed by atoms with Gasteiger partial charge in [0.2, 0.25) is 23.3 Å². The predicted octanol–water partition coefficient (Wildman–Crippen LogP) is 3.85. The normalized spacial score (nSPS) is 20.7. The number of amides is 6. The number of carbonyl (C=O) groups excluding carboxylic acids is 6. The van der Waals surface area contributed by atoms with E-state index >= 15 is 4.39 Å². The topological polar surface area (TPSA) is 194 Å². The van der Waals surface area contributed by atoms with Gasteiger partial charge in [-0.1, -0.05) is 12.1 Å². The predicted molar refractivity (Wildman–Crippen MR) is 222 cm³/mol. The van der Waals surface area contributed by atoms with E-state index in [1.165, 1.54) is 18.2 Å². The lowest BCUT2D eigenvalue weighted by atomic mass is 9.96. The molecule has 3 aromatic rings. The molecule has 4 aliphatic heterocycles. The van der Waals surface area contributed by atoms with Gasteiger partial charge in [0.25, 0.3) is 17.7 Å². The highest BCUT2D eigenvalue weighted by Crippen LogP contribution is 2.38. The van der Waals surface area contributed by atoms with Gasteiger partial charge in [0.1, 0.15) is 11.9 Å². The number of rotatable bonds is 12. The molecule has 3 atom stereocenters. The Balaban J connectivity index is 0.966. The van der Waals surface area contributed by atoms with E-state index in [-0.39, 0.29) is 105 Å². The number of piperazine rings is 1. The standard InChI is InChI=1S/C43H46F4N8O8/c1-23-21-54(22-24(2)52(23)3)34-19-30(44)27(17-32(34)50-39(59)28-20-49-36(57)18-29(28)43(45,46)47)25-9-13-53(14-10-25)37(58)11-15-63-16-12-48-31-6-4-5-26-38(31)42(62)55(41(26)61)33-7-8-35(56)51-40(33)60/h4-6,9,17-20,23-24,33,48H,7-8,10-16,21-22H2,1-3H3,(H,49,57)(H,50,59)(H,51,56,60)/t23-,24+,33?. The Labute approximate surface area is 358 Å². The monoisotopic (exact) mass is 878 g/mol. The molecular weight excluding hydrogens is 833 g/mol. The van der Waals surface area contributed by atoms with Crippen LogP contribution in [-0.4, -0.2) is 126 Å². The number of ether oxygens (including phenoxy) is 1. The molecule has 334 valence electrons. The maximum absolute atomic E-state index is 16.1. The summed E-state index contributed by atoms with van der Waals surface area (Å²) in [5, 5.41) is 7.81. The minimum Gasteiger partial charge on any atom is -0.382 e. The van der Waals surface area contributed by atoms with E-state index in [0.29, 0.717) is 36.6 Å².